The maximum Gasteiger partial charge on any atom is 0.259 e. The fourth-order valence-corrected chi connectivity index (χ4v) is 5.10. The summed E-state index contributed by atoms with van der Waals surface area (Å²) in [5.41, 5.74) is 2.73. The Morgan fingerprint density at radius 2 is 1.76 bits per heavy atom. The van der Waals surface area contributed by atoms with E-state index >= 15 is 0 Å². The van der Waals surface area contributed by atoms with Gasteiger partial charge in [0.1, 0.15) is 6.23 Å². The number of anilines is 1. The van der Waals surface area contributed by atoms with Crippen LogP contribution in [-0.4, -0.2) is 77.8 Å². The van der Waals surface area contributed by atoms with Gasteiger partial charge in [-0.25, -0.2) is 0 Å². The van der Waals surface area contributed by atoms with E-state index in [1.807, 2.05) is 28.0 Å². The van der Waals surface area contributed by atoms with Crippen LogP contribution in [-0.2, 0) is 17.9 Å². The number of aliphatic hydroxyl groups is 2. The molecule has 3 N–H and O–H groups in total. The molecule has 4 rings (SSSR count). The number of methoxy groups -OCH3 is 2. The number of ether oxygens (including phenoxy) is 2. The molecule has 200 valence electrons. The summed E-state index contributed by atoms with van der Waals surface area (Å²) >= 11 is 0. The van der Waals surface area contributed by atoms with E-state index in [1.165, 1.54) is 11.8 Å². The first-order valence-corrected chi connectivity index (χ1v) is 12.5. The fraction of sp³-hybridized carbons (Fsp3) is 0.481. The van der Waals surface area contributed by atoms with Gasteiger partial charge in [-0.15, -0.1) is 0 Å². The van der Waals surface area contributed by atoms with Crippen LogP contribution >= 0.6 is 0 Å². The van der Waals surface area contributed by atoms with Crippen LogP contribution in [0, 0.1) is 0 Å². The molecule has 2 atom stereocenters. The third kappa shape index (κ3) is 5.66. The zero-order chi connectivity index (χ0) is 26.7. The number of rotatable bonds is 8. The SMILES string of the molecule is COc1ccc(CN2C(=O)c3cc(CNC(C)=O)ccc3N(C3CCN(C(C)O)CC3)C2O)cc1OC. The smallest absolute Gasteiger partial charge is 0.259 e. The van der Waals surface area contributed by atoms with Crippen LogP contribution in [0.1, 0.15) is 48.2 Å². The van der Waals surface area contributed by atoms with Crippen molar-refractivity contribution in [2.24, 2.45) is 0 Å². The van der Waals surface area contributed by atoms with Crippen molar-refractivity contribution in [3.8, 4) is 11.5 Å². The maximum atomic E-state index is 13.7. The van der Waals surface area contributed by atoms with E-state index in [-0.39, 0.29) is 24.4 Å². The van der Waals surface area contributed by atoms with Gasteiger partial charge in [0.25, 0.3) is 5.91 Å². The third-order valence-corrected chi connectivity index (χ3v) is 7.12. The second-order valence-corrected chi connectivity index (χ2v) is 9.54. The number of benzene rings is 2. The fourth-order valence-electron chi connectivity index (χ4n) is 5.10. The van der Waals surface area contributed by atoms with Crippen LogP contribution in [0.3, 0.4) is 0 Å². The van der Waals surface area contributed by atoms with Crippen molar-refractivity contribution in [3.05, 3.63) is 53.1 Å². The number of aliphatic hydroxyl groups excluding tert-OH is 2. The Morgan fingerprint density at radius 3 is 2.38 bits per heavy atom. The lowest BCUT2D eigenvalue weighted by Gasteiger charge is -2.48. The van der Waals surface area contributed by atoms with Crippen LogP contribution in [0.25, 0.3) is 0 Å². The van der Waals surface area contributed by atoms with Gasteiger partial charge in [0.05, 0.1) is 32.0 Å². The summed E-state index contributed by atoms with van der Waals surface area (Å²) in [7, 11) is 3.11. The van der Waals surface area contributed by atoms with Crippen molar-refractivity contribution < 1.29 is 29.3 Å². The summed E-state index contributed by atoms with van der Waals surface area (Å²) in [6.07, 6.45) is -0.239. The molecule has 0 aliphatic carbocycles. The number of likely N-dealkylation sites (tertiary alicyclic amines) is 1. The molecular formula is C27H36N4O6. The number of amides is 2. The summed E-state index contributed by atoms with van der Waals surface area (Å²) in [4.78, 5) is 30.5. The summed E-state index contributed by atoms with van der Waals surface area (Å²) in [6.45, 7) is 5.05. The van der Waals surface area contributed by atoms with Gasteiger partial charge in [-0.1, -0.05) is 12.1 Å². The minimum Gasteiger partial charge on any atom is -0.493 e. The van der Waals surface area contributed by atoms with Crippen LogP contribution < -0.4 is 19.7 Å². The first-order valence-electron chi connectivity index (χ1n) is 12.5. The third-order valence-electron chi connectivity index (χ3n) is 7.12. The quantitative estimate of drug-likeness (QED) is 0.491. The van der Waals surface area contributed by atoms with Crippen molar-refractivity contribution in [1.82, 2.24) is 15.1 Å². The Morgan fingerprint density at radius 1 is 1.08 bits per heavy atom. The Kier molecular flexibility index (Phi) is 8.21. The van der Waals surface area contributed by atoms with Gasteiger partial charge >= 0.3 is 0 Å². The Balaban J connectivity index is 1.68. The molecule has 0 spiro atoms. The number of nitrogens with one attached hydrogen (secondary N) is 1. The van der Waals surface area contributed by atoms with Gasteiger partial charge in [0, 0.05) is 32.6 Å². The average molecular weight is 513 g/mol. The number of nitrogens with zero attached hydrogens (tertiary/aromatic N) is 3. The standard InChI is InChI=1S/C27H36N4O6/c1-17(32)28-15-19-5-7-23-22(13-19)26(34)30(16-20-6-8-24(36-3)25(14-20)37-4)27(35)31(23)21-9-11-29(12-10-21)18(2)33/h5-8,13-14,18,21,27,33,35H,9-12,15-16H2,1-4H3,(H,28,32). The number of hydrogen-bond donors (Lipinski definition) is 3. The van der Waals surface area contributed by atoms with Crippen molar-refractivity contribution >= 4 is 17.5 Å². The topological polar surface area (TPSA) is 115 Å². The summed E-state index contributed by atoms with van der Waals surface area (Å²) in [5.74, 6) is 0.677. The largest absolute Gasteiger partial charge is 0.493 e. The molecule has 37 heavy (non-hydrogen) atoms. The molecule has 2 aliphatic rings. The maximum absolute atomic E-state index is 13.7. The zero-order valence-corrected chi connectivity index (χ0v) is 21.8. The Hall–Kier alpha value is -3.34. The van der Waals surface area contributed by atoms with E-state index in [2.05, 4.69) is 5.32 Å². The molecule has 2 aliphatic heterocycles. The molecule has 2 aromatic carbocycles. The number of fused-ring (bicyclic) bond motifs is 1. The zero-order valence-electron chi connectivity index (χ0n) is 21.8. The lowest BCUT2D eigenvalue weighted by Crippen LogP contribution is -2.60. The van der Waals surface area contributed by atoms with Gasteiger partial charge in [0.15, 0.2) is 11.5 Å². The van der Waals surface area contributed by atoms with Gasteiger partial charge in [-0.05, 0) is 55.2 Å². The van der Waals surface area contributed by atoms with Crippen molar-refractivity contribution in [3.63, 3.8) is 0 Å². The lowest BCUT2D eigenvalue weighted by molar-refractivity contribution is -0.119. The average Bonchev–Trinajstić information content (AvgIpc) is 2.90. The summed E-state index contributed by atoms with van der Waals surface area (Å²) in [6, 6.07) is 10.9. The summed E-state index contributed by atoms with van der Waals surface area (Å²) < 4.78 is 10.8. The minimum absolute atomic E-state index is 0.0223. The number of hydrogen-bond acceptors (Lipinski definition) is 8. The molecule has 1 saturated heterocycles. The van der Waals surface area contributed by atoms with E-state index in [0.29, 0.717) is 42.4 Å². The van der Waals surface area contributed by atoms with E-state index in [9.17, 15) is 19.8 Å². The van der Waals surface area contributed by atoms with Crippen LogP contribution in [0.4, 0.5) is 5.69 Å². The molecule has 0 saturated carbocycles. The number of piperidine rings is 1. The van der Waals surface area contributed by atoms with Gasteiger partial charge in [-0.3, -0.25) is 19.4 Å². The Labute approximate surface area is 217 Å². The van der Waals surface area contributed by atoms with E-state index < -0.39 is 12.6 Å². The van der Waals surface area contributed by atoms with Crippen LogP contribution in [0.5, 0.6) is 11.5 Å². The Bertz CT molecular complexity index is 1130. The van der Waals surface area contributed by atoms with Gasteiger partial charge < -0.3 is 29.9 Å². The van der Waals surface area contributed by atoms with Crippen molar-refractivity contribution in [1.29, 1.82) is 0 Å². The normalized spacial score (nSPS) is 19.4. The molecule has 1 fully saturated rings. The molecule has 0 bridgehead atoms. The van der Waals surface area contributed by atoms with Gasteiger partial charge in [-0.2, -0.15) is 0 Å². The monoisotopic (exact) mass is 512 g/mol. The second kappa shape index (κ2) is 11.4. The first kappa shape index (κ1) is 26.7. The number of carbonyl (C=O) groups excluding carboxylic acids is 2. The molecular weight excluding hydrogens is 476 g/mol. The van der Waals surface area contributed by atoms with E-state index in [4.69, 9.17) is 9.47 Å². The molecule has 2 amide bonds. The second-order valence-electron chi connectivity index (χ2n) is 9.54. The highest BCUT2D eigenvalue weighted by molar-refractivity contribution is 6.02. The predicted molar refractivity (Wildman–Crippen MR) is 138 cm³/mol. The van der Waals surface area contributed by atoms with E-state index in [1.54, 1.807) is 39.3 Å². The minimum atomic E-state index is -1.17. The van der Waals surface area contributed by atoms with E-state index in [0.717, 1.165) is 24.0 Å². The van der Waals surface area contributed by atoms with Gasteiger partial charge in [0.2, 0.25) is 12.3 Å². The van der Waals surface area contributed by atoms with Crippen LogP contribution in [0.15, 0.2) is 36.4 Å². The van der Waals surface area contributed by atoms with Crippen molar-refractivity contribution in [2.75, 3.05) is 32.2 Å². The highest BCUT2D eigenvalue weighted by atomic mass is 16.5. The lowest BCUT2D eigenvalue weighted by atomic mass is 9.97. The molecule has 10 heteroatoms. The molecule has 10 nitrogen and oxygen atoms in total. The molecule has 0 aromatic heterocycles. The molecule has 2 unspecified atom stereocenters. The highest BCUT2D eigenvalue weighted by Gasteiger charge is 2.41. The highest BCUT2D eigenvalue weighted by Crippen LogP contribution is 2.37. The first-order chi connectivity index (χ1) is 17.7. The molecule has 0 radical (unpaired) electrons. The molecule has 2 heterocycles. The van der Waals surface area contributed by atoms with Crippen molar-refractivity contribution in [2.45, 2.75) is 58.4 Å². The van der Waals surface area contributed by atoms with Crippen LogP contribution in [0.2, 0.25) is 0 Å². The molecule has 2 aromatic rings. The number of carbonyl (C=O) groups is 2. The summed E-state index contributed by atoms with van der Waals surface area (Å²) in [5, 5.41) is 24.3. The predicted octanol–water partition coefficient (Wildman–Crippen LogP) is 1.88.